The number of phenols is 1. The number of benzene rings is 1. The van der Waals surface area contributed by atoms with Crippen molar-refractivity contribution in [3.05, 3.63) is 40.5 Å². The molecule has 0 aliphatic heterocycles. The Morgan fingerprint density at radius 2 is 1.27 bits per heavy atom. The number of aromatic hydroxyl groups is 1. The lowest BCUT2D eigenvalue weighted by molar-refractivity contribution is 0.0516. The SMILES string of the molecule is CC(C)(C)OC(=O)NCCC1=C(CCNC(=O)OC(C)(C)C)C(=O)c2c(O)cccc2C1=O. The third kappa shape index (κ3) is 7.34. The Kier molecular flexibility index (Phi) is 7.89. The summed E-state index contributed by atoms with van der Waals surface area (Å²) in [4.78, 5) is 50.2. The lowest BCUT2D eigenvalue weighted by atomic mass is 9.81. The summed E-state index contributed by atoms with van der Waals surface area (Å²) < 4.78 is 10.4. The molecular formula is C24H32N2O7. The van der Waals surface area contributed by atoms with Gasteiger partial charge in [0, 0.05) is 29.8 Å². The van der Waals surface area contributed by atoms with E-state index in [1.165, 1.54) is 18.2 Å². The van der Waals surface area contributed by atoms with Gasteiger partial charge >= 0.3 is 12.2 Å². The summed E-state index contributed by atoms with van der Waals surface area (Å²) in [6, 6.07) is 4.31. The van der Waals surface area contributed by atoms with E-state index in [2.05, 4.69) is 10.6 Å². The number of rotatable bonds is 6. The predicted octanol–water partition coefficient (Wildman–Crippen LogP) is 3.90. The van der Waals surface area contributed by atoms with Crippen LogP contribution >= 0.6 is 0 Å². The van der Waals surface area contributed by atoms with Crippen LogP contribution < -0.4 is 10.6 Å². The van der Waals surface area contributed by atoms with E-state index in [4.69, 9.17) is 9.47 Å². The molecule has 3 N–H and O–H groups in total. The van der Waals surface area contributed by atoms with E-state index in [1.54, 1.807) is 41.5 Å². The maximum Gasteiger partial charge on any atom is 0.407 e. The minimum atomic E-state index is -0.677. The fourth-order valence-electron chi connectivity index (χ4n) is 3.29. The number of carbonyl (C=O) groups is 4. The second-order valence-corrected chi connectivity index (χ2v) is 9.67. The first kappa shape index (κ1) is 25.9. The van der Waals surface area contributed by atoms with Crippen LogP contribution in [0, 0.1) is 0 Å². The quantitative estimate of drug-likeness (QED) is 0.587. The Hall–Kier alpha value is -3.36. The van der Waals surface area contributed by atoms with Crippen LogP contribution in [0.1, 0.15) is 75.1 Å². The van der Waals surface area contributed by atoms with Crippen molar-refractivity contribution in [3.63, 3.8) is 0 Å². The van der Waals surface area contributed by atoms with Gasteiger partial charge in [-0.3, -0.25) is 9.59 Å². The first-order chi connectivity index (χ1) is 15.2. The Labute approximate surface area is 193 Å². The smallest absolute Gasteiger partial charge is 0.407 e. The normalized spacial score (nSPS) is 14.0. The van der Waals surface area contributed by atoms with Crippen LogP contribution in [0.2, 0.25) is 0 Å². The Morgan fingerprint density at radius 1 is 0.818 bits per heavy atom. The molecule has 180 valence electrons. The molecule has 0 heterocycles. The number of nitrogens with one attached hydrogen (secondary N) is 2. The number of ether oxygens (including phenoxy) is 2. The van der Waals surface area contributed by atoms with Crippen LogP contribution in [-0.2, 0) is 9.47 Å². The van der Waals surface area contributed by atoms with Gasteiger partial charge in [-0.05, 0) is 60.5 Å². The molecule has 0 atom stereocenters. The molecule has 0 saturated carbocycles. The summed E-state index contributed by atoms with van der Waals surface area (Å²) in [6.45, 7) is 10.5. The number of phenolic OH excluding ortho intramolecular Hbond substituents is 1. The maximum absolute atomic E-state index is 13.2. The van der Waals surface area contributed by atoms with Crippen LogP contribution in [0.4, 0.5) is 9.59 Å². The van der Waals surface area contributed by atoms with Gasteiger partial charge in [-0.1, -0.05) is 12.1 Å². The number of alkyl carbamates (subject to hydrolysis) is 2. The topological polar surface area (TPSA) is 131 Å². The summed E-state index contributed by atoms with van der Waals surface area (Å²) in [5, 5.41) is 15.3. The second kappa shape index (κ2) is 10.1. The number of hydrogen-bond donors (Lipinski definition) is 3. The molecule has 0 spiro atoms. The van der Waals surface area contributed by atoms with E-state index in [0.717, 1.165) is 0 Å². The van der Waals surface area contributed by atoms with E-state index in [1.807, 2.05) is 0 Å². The number of amides is 2. The lowest BCUT2D eigenvalue weighted by Gasteiger charge is -2.23. The highest BCUT2D eigenvalue weighted by Crippen LogP contribution is 2.34. The molecule has 1 aromatic carbocycles. The van der Waals surface area contributed by atoms with Crippen molar-refractivity contribution in [1.29, 1.82) is 0 Å². The van der Waals surface area contributed by atoms with E-state index < -0.39 is 35.0 Å². The summed E-state index contributed by atoms with van der Waals surface area (Å²) >= 11 is 0. The first-order valence-electron chi connectivity index (χ1n) is 10.8. The van der Waals surface area contributed by atoms with Crippen LogP contribution in [-0.4, -0.2) is 53.2 Å². The van der Waals surface area contributed by atoms with Crippen molar-refractivity contribution in [2.45, 2.75) is 65.6 Å². The molecule has 0 unspecified atom stereocenters. The van der Waals surface area contributed by atoms with Crippen molar-refractivity contribution in [2.24, 2.45) is 0 Å². The molecule has 2 rings (SSSR count). The van der Waals surface area contributed by atoms with Crippen molar-refractivity contribution >= 4 is 23.8 Å². The van der Waals surface area contributed by atoms with Crippen molar-refractivity contribution < 1.29 is 33.8 Å². The van der Waals surface area contributed by atoms with Crippen molar-refractivity contribution in [1.82, 2.24) is 10.6 Å². The third-order valence-corrected chi connectivity index (χ3v) is 4.51. The average molecular weight is 461 g/mol. The van der Waals surface area contributed by atoms with Gasteiger partial charge in [0.1, 0.15) is 17.0 Å². The number of fused-ring (bicyclic) bond motifs is 1. The standard InChI is InChI=1S/C24H32N2O7/c1-23(2,3)32-21(30)25-12-10-14-15(11-13-26-22(31)33-24(4,5)6)20(29)18-16(19(14)28)8-7-9-17(18)27/h7-9,27H,10-13H2,1-6H3,(H,25,30)(H,26,31). The molecule has 1 aliphatic carbocycles. The molecule has 0 bridgehead atoms. The zero-order valence-electron chi connectivity index (χ0n) is 20.0. The second-order valence-electron chi connectivity index (χ2n) is 9.67. The molecule has 9 nitrogen and oxygen atoms in total. The van der Waals surface area contributed by atoms with Crippen molar-refractivity contribution in [3.8, 4) is 5.75 Å². The highest BCUT2D eigenvalue weighted by Gasteiger charge is 2.33. The predicted molar refractivity (Wildman–Crippen MR) is 122 cm³/mol. The minimum absolute atomic E-state index is 0.0508. The van der Waals surface area contributed by atoms with Gasteiger partial charge in [0.15, 0.2) is 11.6 Å². The van der Waals surface area contributed by atoms with E-state index in [0.29, 0.717) is 0 Å². The Bertz CT molecular complexity index is 982. The largest absolute Gasteiger partial charge is 0.507 e. The summed E-state index contributed by atoms with van der Waals surface area (Å²) in [7, 11) is 0. The fraction of sp³-hybridized carbons (Fsp3) is 0.500. The molecule has 0 aromatic heterocycles. The minimum Gasteiger partial charge on any atom is -0.507 e. The van der Waals surface area contributed by atoms with Gasteiger partial charge in [0.2, 0.25) is 0 Å². The van der Waals surface area contributed by atoms with Crippen LogP contribution in [0.3, 0.4) is 0 Å². The molecule has 1 aromatic rings. The van der Waals surface area contributed by atoms with E-state index in [9.17, 15) is 24.3 Å². The zero-order valence-corrected chi connectivity index (χ0v) is 20.0. The Morgan fingerprint density at radius 3 is 1.73 bits per heavy atom. The van der Waals surface area contributed by atoms with Crippen LogP contribution in [0.25, 0.3) is 0 Å². The molecule has 0 radical (unpaired) electrons. The third-order valence-electron chi connectivity index (χ3n) is 4.51. The van der Waals surface area contributed by atoms with Gasteiger partial charge < -0.3 is 25.2 Å². The first-order valence-corrected chi connectivity index (χ1v) is 10.8. The molecule has 33 heavy (non-hydrogen) atoms. The number of carbonyl (C=O) groups excluding carboxylic acids is 4. The summed E-state index contributed by atoms with van der Waals surface area (Å²) in [5.74, 6) is -1.17. The average Bonchev–Trinajstić information content (AvgIpc) is 2.64. The lowest BCUT2D eigenvalue weighted by Crippen LogP contribution is -2.35. The number of Topliss-reactive ketones (excluding diaryl/α,β-unsaturated/α-hetero) is 2. The van der Waals surface area contributed by atoms with Gasteiger partial charge in [-0.15, -0.1) is 0 Å². The Balaban J connectivity index is 2.21. The molecule has 0 fully saturated rings. The highest BCUT2D eigenvalue weighted by molar-refractivity contribution is 6.27. The number of hydrogen-bond acceptors (Lipinski definition) is 7. The van der Waals surface area contributed by atoms with Crippen LogP contribution in [0.5, 0.6) is 5.75 Å². The van der Waals surface area contributed by atoms with E-state index >= 15 is 0 Å². The summed E-state index contributed by atoms with van der Waals surface area (Å²) in [6.07, 6.45) is -1.14. The van der Waals surface area contributed by atoms with Gasteiger partial charge in [-0.2, -0.15) is 0 Å². The van der Waals surface area contributed by atoms with E-state index in [-0.39, 0.29) is 54.0 Å². The molecule has 2 amide bonds. The number of ketones is 2. The van der Waals surface area contributed by atoms with Gasteiger partial charge in [0.05, 0.1) is 5.56 Å². The van der Waals surface area contributed by atoms with Gasteiger partial charge in [-0.25, -0.2) is 9.59 Å². The van der Waals surface area contributed by atoms with Crippen molar-refractivity contribution in [2.75, 3.05) is 13.1 Å². The zero-order chi connectivity index (χ0) is 25.0. The molecule has 9 heteroatoms. The maximum atomic E-state index is 13.2. The fourth-order valence-corrected chi connectivity index (χ4v) is 3.29. The highest BCUT2D eigenvalue weighted by atomic mass is 16.6. The molecule has 1 aliphatic rings. The molecule has 0 saturated heterocycles. The summed E-state index contributed by atoms with van der Waals surface area (Å²) in [5.41, 5.74) is -0.899. The van der Waals surface area contributed by atoms with Crippen LogP contribution in [0.15, 0.2) is 29.3 Å². The monoisotopic (exact) mass is 460 g/mol. The molecular weight excluding hydrogens is 428 g/mol. The van der Waals surface area contributed by atoms with Gasteiger partial charge in [0.25, 0.3) is 0 Å².